The van der Waals surface area contributed by atoms with E-state index in [1.54, 1.807) is 7.05 Å². The molecular weight excluding hydrogens is 340 g/mol. The Labute approximate surface area is 133 Å². The average molecular weight is 356 g/mol. The number of benzene rings is 1. The first-order chi connectivity index (χ1) is 9.41. The number of carbonyl (C=O) groups is 1. The highest BCUT2D eigenvalue weighted by molar-refractivity contribution is 8.13. The molecule has 0 atom stereocenters. The Hall–Kier alpha value is -0.850. The van der Waals surface area contributed by atoms with Crippen molar-refractivity contribution in [3.05, 3.63) is 28.5 Å². The standard InChI is InChI=1S/C13H16Cl2FNO3S/c1-5-13(2,3)17(4)12(18)9-6-8(21(15,19)20)7-10(16)11(9)14/h6-7H,5H2,1-4H3. The van der Waals surface area contributed by atoms with Crippen LogP contribution in [0.2, 0.25) is 5.02 Å². The molecule has 4 nitrogen and oxygen atoms in total. The third kappa shape index (κ3) is 3.87. The van der Waals surface area contributed by atoms with Crippen molar-refractivity contribution in [1.29, 1.82) is 0 Å². The second-order valence-corrected chi connectivity index (χ2v) is 8.18. The second-order valence-electron chi connectivity index (χ2n) is 5.23. The van der Waals surface area contributed by atoms with Crippen molar-refractivity contribution in [3.8, 4) is 0 Å². The van der Waals surface area contributed by atoms with Crippen LogP contribution in [-0.2, 0) is 9.05 Å². The number of carbonyl (C=O) groups excluding carboxylic acids is 1. The van der Waals surface area contributed by atoms with Crippen LogP contribution in [0, 0.1) is 5.82 Å². The number of rotatable bonds is 4. The molecular formula is C13H16Cl2FNO3S. The van der Waals surface area contributed by atoms with E-state index in [0.29, 0.717) is 12.5 Å². The first-order valence-electron chi connectivity index (χ1n) is 6.13. The zero-order valence-corrected chi connectivity index (χ0v) is 14.4. The monoisotopic (exact) mass is 355 g/mol. The summed E-state index contributed by atoms with van der Waals surface area (Å²) in [6.45, 7) is 5.56. The molecule has 8 heteroatoms. The van der Waals surface area contributed by atoms with Crippen LogP contribution in [0.1, 0.15) is 37.6 Å². The number of hydrogen-bond donors (Lipinski definition) is 0. The number of hydrogen-bond acceptors (Lipinski definition) is 3. The van der Waals surface area contributed by atoms with Crippen LogP contribution in [-0.4, -0.2) is 31.8 Å². The van der Waals surface area contributed by atoms with Crippen molar-refractivity contribution in [3.63, 3.8) is 0 Å². The Morgan fingerprint density at radius 2 is 1.90 bits per heavy atom. The summed E-state index contributed by atoms with van der Waals surface area (Å²) in [5, 5.41) is -0.428. The van der Waals surface area contributed by atoms with Crippen molar-refractivity contribution >= 4 is 37.2 Å². The lowest BCUT2D eigenvalue weighted by atomic mass is 9.99. The Kier molecular flexibility index (Phi) is 5.29. The molecule has 0 saturated carbocycles. The molecule has 0 fully saturated rings. The van der Waals surface area contributed by atoms with Crippen LogP contribution in [0.3, 0.4) is 0 Å². The Balaban J connectivity index is 3.43. The van der Waals surface area contributed by atoms with Gasteiger partial charge in [-0.1, -0.05) is 18.5 Å². The molecule has 0 aliphatic rings. The normalized spacial score (nSPS) is 12.3. The molecule has 0 radical (unpaired) electrons. The molecule has 21 heavy (non-hydrogen) atoms. The maximum absolute atomic E-state index is 13.7. The maximum Gasteiger partial charge on any atom is 0.261 e. The number of nitrogens with zero attached hydrogens (tertiary/aromatic N) is 1. The van der Waals surface area contributed by atoms with Gasteiger partial charge in [-0.15, -0.1) is 0 Å². The van der Waals surface area contributed by atoms with Gasteiger partial charge >= 0.3 is 0 Å². The molecule has 0 unspecified atom stereocenters. The fraction of sp³-hybridized carbons (Fsp3) is 0.462. The molecule has 0 aliphatic carbocycles. The van der Waals surface area contributed by atoms with Gasteiger partial charge in [-0.25, -0.2) is 12.8 Å². The van der Waals surface area contributed by atoms with Gasteiger partial charge in [0.2, 0.25) is 0 Å². The zero-order valence-electron chi connectivity index (χ0n) is 12.1. The van der Waals surface area contributed by atoms with Crippen LogP contribution < -0.4 is 0 Å². The van der Waals surface area contributed by atoms with Gasteiger partial charge in [0.1, 0.15) is 5.82 Å². The molecule has 118 valence electrons. The smallest absolute Gasteiger partial charge is 0.261 e. The van der Waals surface area contributed by atoms with E-state index in [-0.39, 0.29) is 5.56 Å². The van der Waals surface area contributed by atoms with E-state index in [1.165, 1.54) is 4.90 Å². The Morgan fingerprint density at radius 1 is 1.38 bits per heavy atom. The summed E-state index contributed by atoms with van der Waals surface area (Å²) in [6.07, 6.45) is 0.656. The SMILES string of the molecule is CCC(C)(C)N(C)C(=O)c1cc(S(=O)(=O)Cl)cc(F)c1Cl. The lowest BCUT2D eigenvalue weighted by molar-refractivity contribution is 0.0619. The van der Waals surface area contributed by atoms with E-state index in [9.17, 15) is 17.6 Å². The molecule has 0 bridgehead atoms. The minimum atomic E-state index is -4.16. The highest BCUT2D eigenvalue weighted by atomic mass is 35.7. The van der Waals surface area contributed by atoms with E-state index < -0.39 is 36.2 Å². The molecule has 1 aromatic carbocycles. The van der Waals surface area contributed by atoms with Crippen molar-refractivity contribution in [1.82, 2.24) is 4.90 Å². The fourth-order valence-corrected chi connectivity index (χ4v) is 2.51. The summed E-state index contributed by atoms with van der Waals surface area (Å²) < 4.78 is 36.4. The van der Waals surface area contributed by atoms with Gasteiger partial charge in [0, 0.05) is 23.3 Å². The lowest BCUT2D eigenvalue weighted by Crippen LogP contribution is -2.44. The van der Waals surface area contributed by atoms with Gasteiger partial charge in [0.15, 0.2) is 0 Å². The molecule has 0 aromatic heterocycles. The van der Waals surface area contributed by atoms with Crippen molar-refractivity contribution in [2.45, 2.75) is 37.6 Å². The Bertz CT molecular complexity index is 674. The van der Waals surface area contributed by atoms with Gasteiger partial charge in [-0.05, 0) is 32.4 Å². The van der Waals surface area contributed by atoms with Gasteiger partial charge in [-0.2, -0.15) is 0 Å². The minimum absolute atomic E-state index is 0.236. The largest absolute Gasteiger partial charge is 0.337 e. The predicted molar refractivity (Wildman–Crippen MR) is 80.9 cm³/mol. The highest BCUT2D eigenvalue weighted by Gasteiger charge is 2.29. The molecule has 0 N–H and O–H groups in total. The first-order valence-corrected chi connectivity index (χ1v) is 8.82. The summed E-state index contributed by atoms with van der Waals surface area (Å²) in [5.41, 5.74) is -0.730. The van der Waals surface area contributed by atoms with E-state index in [2.05, 4.69) is 0 Å². The highest BCUT2D eigenvalue weighted by Crippen LogP contribution is 2.29. The van der Waals surface area contributed by atoms with Gasteiger partial charge in [0.05, 0.1) is 15.5 Å². The maximum atomic E-state index is 13.7. The average Bonchev–Trinajstić information content (AvgIpc) is 2.38. The van der Waals surface area contributed by atoms with Crippen molar-refractivity contribution < 1.29 is 17.6 Å². The summed E-state index contributed by atoms with van der Waals surface area (Å²) >= 11 is 5.79. The molecule has 0 saturated heterocycles. The van der Waals surface area contributed by atoms with E-state index >= 15 is 0 Å². The zero-order chi connectivity index (χ0) is 16.6. The van der Waals surface area contributed by atoms with E-state index in [1.807, 2.05) is 20.8 Å². The third-order valence-electron chi connectivity index (χ3n) is 3.59. The molecule has 1 amide bonds. The van der Waals surface area contributed by atoms with Crippen LogP contribution in [0.15, 0.2) is 17.0 Å². The third-order valence-corrected chi connectivity index (χ3v) is 5.31. The van der Waals surface area contributed by atoms with Crippen LogP contribution >= 0.6 is 22.3 Å². The van der Waals surface area contributed by atoms with Gasteiger partial charge in [-0.3, -0.25) is 4.79 Å². The second kappa shape index (κ2) is 6.10. The molecule has 0 spiro atoms. The van der Waals surface area contributed by atoms with Crippen molar-refractivity contribution in [2.75, 3.05) is 7.05 Å². The van der Waals surface area contributed by atoms with Gasteiger partial charge < -0.3 is 4.90 Å². The summed E-state index contributed by atoms with van der Waals surface area (Å²) in [5.74, 6) is -1.59. The predicted octanol–water partition coefficient (Wildman–Crippen LogP) is 3.67. The fourth-order valence-electron chi connectivity index (χ4n) is 1.55. The number of halogens is 3. The topological polar surface area (TPSA) is 54.5 Å². The molecule has 0 heterocycles. The van der Waals surface area contributed by atoms with Crippen LogP contribution in [0.25, 0.3) is 0 Å². The summed E-state index contributed by atoms with van der Waals surface area (Å²) in [7, 11) is 2.58. The molecule has 1 rings (SSSR count). The summed E-state index contributed by atoms with van der Waals surface area (Å²) in [6, 6.07) is 1.67. The van der Waals surface area contributed by atoms with Crippen molar-refractivity contribution in [2.24, 2.45) is 0 Å². The van der Waals surface area contributed by atoms with Gasteiger partial charge in [0.25, 0.3) is 15.0 Å². The minimum Gasteiger partial charge on any atom is -0.337 e. The number of amides is 1. The molecule has 0 aliphatic heterocycles. The van der Waals surface area contributed by atoms with E-state index in [0.717, 1.165) is 6.07 Å². The van der Waals surface area contributed by atoms with Crippen LogP contribution in [0.4, 0.5) is 4.39 Å². The molecule has 1 aromatic rings. The Morgan fingerprint density at radius 3 is 2.33 bits per heavy atom. The van der Waals surface area contributed by atoms with Crippen LogP contribution in [0.5, 0.6) is 0 Å². The van der Waals surface area contributed by atoms with E-state index in [4.69, 9.17) is 22.3 Å². The summed E-state index contributed by atoms with van der Waals surface area (Å²) in [4.78, 5) is 13.3. The lowest BCUT2D eigenvalue weighted by Gasteiger charge is -2.35. The first kappa shape index (κ1) is 18.2. The quantitative estimate of drug-likeness (QED) is 0.774.